The molecule has 110 valence electrons. The van der Waals surface area contributed by atoms with E-state index in [1.807, 2.05) is 31.2 Å². The lowest BCUT2D eigenvalue weighted by Crippen LogP contribution is -2.19. The first-order valence-corrected chi connectivity index (χ1v) is 7.19. The molecule has 0 aromatic heterocycles. The third kappa shape index (κ3) is 3.86. The van der Waals surface area contributed by atoms with Crippen molar-refractivity contribution in [2.75, 3.05) is 0 Å². The molecule has 0 aliphatic carbocycles. The summed E-state index contributed by atoms with van der Waals surface area (Å²) in [5.41, 5.74) is 0.850. The summed E-state index contributed by atoms with van der Waals surface area (Å²) in [4.78, 5) is 9.99. The molecule has 0 saturated carbocycles. The summed E-state index contributed by atoms with van der Waals surface area (Å²) in [6, 6.07) is 12.0. The van der Waals surface area contributed by atoms with Gasteiger partial charge in [-0.25, -0.2) is 0 Å². The van der Waals surface area contributed by atoms with E-state index in [1.54, 1.807) is 6.07 Å². The molecule has 6 heteroatoms. The highest BCUT2D eigenvalue weighted by molar-refractivity contribution is 9.10. The van der Waals surface area contributed by atoms with Gasteiger partial charge < -0.3 is 5.32 Å². The number of hydrogen-bond donors (Lipinski definition) is 1. The molecular formula is C15H14BrFN2O2. The van der Waals surface area contributed by atoms with Gasteiger partial charge in [0.15, 0.2) is 0 Å². The topological polar surface area (TPSA) is 55.2 Å². The number of nitro groups is 1. The van der Waals surface area contributed by atoms with Gasteiger partial charge in [0.25, 0.3) is 0 Å². The molecule has 1 atom stereocenters. The van der Waals surface area contributed by atoms with Crippen LogP contribution in [0.1, 0.15) is 24.1 Å². The second-order valence-corrected chi connectivity index (χ2v) is 5.58. The lowest BCUT2D eigenvalue weighted by Gasteiger charge is -2.14. The van der Waals surface area contributed by atoms with Gasteiger partial charge in [-0.1, -0.05) is 40.2 Å². The Labute approximate surface area is 130 Å². The minimum atomic E-state index is -0.780. The number of nitrogens with zero attached hydrogens (tertiary/aromatic N) is 1. The van der Waals surface area contributed by atoms with E-state index in [9.17, 15) is 14.5 Å². The standard InChI is InChI=1S/C15H14BrFN2O2/c1-10(11-5-7-13(16)8-6-11)18-9-12-3-2-4-14(15(12)17)19(20)21/h2-8,10,18H,9H2,1H3/t10-/m0/s1. The largest absolute Gasteiger partial charge is 0.306 e. The van der Waals surface area contributed by atoms with E-state index in [-0.39, 0.29) is 18.2 Å². The van der Waals surface area contributed by atoms with Gasteiger partial charge in [-0.3, -0.25) is 10.1 Å². The van der Waals surface area contributed by atoms with Gasteiger partial charge >= 0.3 is 5.69 Å². The molecule has 0 bridgehead atoms. The molecular weight excluding hydrogens is 339 g/mol. The second-order valence-electron chi connectivity index (χ2n) is 4.66. The quantitative estimate of drug-likeness (QED) is 0.642. The molecule has 0 spiro atoms. The molecule has 1 N–H and O–H groups in total. The molecule has 0 unspecified atom stereocenters. The van der Waals surface area contributed by atoms with Crippen molar-refractivity contribution >= 4 is 21.6 Å². The fourth-order valence-corrected chi connectivity index (χ4v) is 2.24. The van der Waals surface area contributed by atoms with Crippen molar-refractivity contribution in [3.63, 3.8) is 0 Å². The fourth-order valence-electron chi connectivity index (χ4n) is 1.98. The Morgan fingerprint density at radius 3 is 2.57 bits per heavy atom. The normalized spacial score (nSPS) is 12.1. The van der Waals surface area contributed by atoms with Crippen LogP contribution in [-0.4, -0.2) is 4.92 Å². The van der Waals surface area contributed by atoms with Crippen LogP contribution in [0.2, 0.25) is 0 Å². The molecule has 4 nitrogen and oxygen atoms in total. The number of nitrogens with one attached hydrogen (secondary N) is 1. The predicted octanol–water partition coefficient (Wildman–Crippen LogP) is 4.35. The van der Waals surface area contributed by atoms with Crippen LogP contribution in [0.25, 0.3) is 0 Å². The molecule has 0 aliphatic heterocycles. The van der Waals surface area contributed by atoms with Gasteiger partial charge in [-0.15, -0.1) is 0 Å². The Kier molecular flexibility index (Phi) is 5.03. The summed E-state index contributed by atoms with van der Waals surface area (Å²) < 4.78 is 14.9. The number of nitro benzene ring substituents is 1. The van der Waals surface area contributed by atoms with Crippen molar-refractivity contribution in [1.82, 2.24) is 5.32 Å². The smallest absolute Gasteiger partial charge is 0.305 e. The summed E-state index contributed by atoms with van der Waals surface area (Å²) in [7, 11) is 0. The van der Waals surface area contributed by atoms with Crippen LogP contribution in [0.5, 0.6) is 0 Å². The van der Waals surface area contributed by atoms with E-state index in [2.05, 4.69) is 21.2 Å². The van der Waals surface area contributed by atoms with Crippen molar-refractivity contribution in [3.8, 4) is 0 Å². The molecule has 0 saturated heterocycles. The number of rotatable bonds is 5. The van der Waals surface area contributed by atoms with Gasteiger partial charge in [0, 0.05) is 28.7 Å². The van der Waals surface area contributed by atoms with E-state index in [0.717, 1.165) is 16.1 Å². The van der Waals surface area contributed by atoms with Crippen molar-refractivity contribution in [3.05, 3.63) is 74.0 Å². The van der Waals surface area contributed by atoms with E-state index in [0.29, 0.717) is 0 Å². The SMILES string of the molecule is C[C@H](NCc1cccc([N+](=O)[O-])c1F)c1ccc(Br)cc1. The molecule has 0 radical (unpaired) electrons. The Bertz CT molecular complexity index is 647. The molecule has 0 amide bonds. The lowest BCUT2D eigenvalue weighted by atomic mass is 10.1. The fraction of sp³-hybridized carbons (Fsp3) is 0.200. The molecule has 2 rings (SSSR count). The summed E-state index contributed by atoms with van der Waals surface area (Å²) in [5, 5.41) is 13.9. The van der Waals surface area contributed by atoms with E-state index in [1.165, 1.54) is 6.07 Å². The van der Waals surface area contributed by atoms with Crippen molar-refractivity contribution in [2.45, 2.75) is 19.5 Å². The van der Waals surface area contributed by atoms with Crippen LogP contribution in [0.4, 0.5) is 10.1 Å². The summed E-state index contributed by atoms with van der Waals surface area (Å²) >= 11 is 3.37. The van der Waals surface area contributed by atoms with E-state index < -0.39 is 16.4 Å². The second kappa shape index (κ2) is 6.78. The van der Waals surface area contributed by atoms with Crippen LogP contribution in [0.3, 0.4) is 0 Å². The molecule has 2 aromatic rings. The first-order valence-electron chi connectivity index (χ1n) is 6.39. The summed E-state index contributed by atoms with van der Waals surface area (Å²) in [5.74, 6) is -0.780. The first-order chi connectivity index (χ1) is 9.99. The van der Waals surface area contributed by atoms with Crippen molar-refractivity contribution in [2.24, 2.45) is 0 Å². The van der Waals surface area contributed by atoms with Gasteiger partial charge in [-0.2, -0.15) is 4.39 Å². The Morgan fingerprint density at radius 1 is 1.29 bits per heavy atom. The molecule has 0 aliphatic rings. The lowest BCUT2D eigenvalue weighted by molar-refractivity contribution is -0.387. The summed E-state index contributed by atoms with van der Waals surface area (Å²) in [6.45, 7) is 2.18. The Hall–Kier alpha value is -1.79. The highest BCUT2D eigenvalue weighted by atomic mass is 79.9. The Balaban J connectivity index is 2.08. The minimum Gasteiger partial charge on any atom is -0.306 e. The minimum absolute atomic E-state index is 0.0109. The average Bonchev–Trinajstić information content (AvgIpc) is 2.46. The van der Waals surface area contributed by atoms with E-state index >= 15 is 0 Å². The maximum Gasteiger partial charge on any atom is 0.305 e. The van der Waals surface area contributed by atoms with Gasteiger partial charge in [0.2, 0.25) is 5.82 Å². The average molecular weight is 353 g/mol. The van der Waals surface area contributed by atoms with Crippen LogP contribution >= 0.6 is 15.9 Å². The van der Waals surface area contributed by atoms with Gasteiger partial charge in [0.05, 0.1) is 4.92 Å². The van der Waals surface area contributed by atoms with Crippen LogP contribution in [-0.2, 0) is 6.54 Å². The predicted molar refractivity (Wildman–Crippen MR) is 82.5 cm³/mol. The van der Waals surface area contributed by atoms with Gasteiger partial charge in [0.1, 0.15) is 0 Å². The number of hydrogen-bond acceptors (Lipinski definition) is 3. The monoisotopic (exact) mass is 352 g/mol. The molecule has 0 heterocycles. The zero-order valence-electron chi connectivity index (χ0n) is 11.3. The molecule has 0 fully saturated rings. The van der Waals surface area contributed by atoms with Crippen molar-refractivity contribution in [1.29, 1.82) is 0 Å². The highest BCUT2D eigenvalue weighted by Gasteiger charge is 2.17. The number of benzene rings is 2. The molecule has 2 aromatic carbocycles. The maximum absolute atomic E-state index is 13.9. The van der Waals surface area contributed by atoms with Crippen molar-refractivity contribution < 1.29 is 9.31 Å². The first kappa shape index (κ1) is 15.6. The third-order valence-electron chi connectivity index (χ3n) is 3.22. The Morgan fingerprint density at radius 2 is 1.95 bits per heavy atom. The highest BCUT2D eigenvalue weighted by Crippen LogP contribution is 2.21. The van der Waals surface area contributed by atoms with Crippen LogP contribution in [0.15, 0.2) is 46.9 Å². The summed E-state index contributed by atoms with van der Waals surface area (Å²) in [6.07, 6.45) is 0. The number of halogens is 2. The van der Waals surface area contributed by atoms with Crippen LogP contribution < -0.4 is 5.32 Å². The van der Waals surface area contributed by atoms with E-state index in [4.69, 9.17) is 0 Å². The maximum atomic E-state index is 13.9. The zero-order valence-corrected chi connectivity index (χ0v) is 12.9. The van der Waals surface area contributed by atoms with Gasteiger partial charge in [-0.05, 0) is 24.6 Å². The zero-order chi connectivity index (χ0) is 15.4. The molecule has 21 heavy (non-hydrogen) atoms. The third-order valence-corrected chi connectivity index (χ3v) is 3.75. The van der Waals surface area contributed by atoms with Crippen LogP contribution in [0, 0.1) is 15.9 Å².